The summed E-state index contributed by atoms with van der Waals surface area (Å²) in [6.45, 7) is 7.92. The molecule has 2 amide bonds. The SMILES string of the molecule is CCCN1CCN(C(=O)c2cc(C(C)C)[nH]n2)[C@H](Cc2cccc(-c3ccncc3)c2)C1=O. The lowest BCUT2D eigenvalue weighted by Gasteiger charge is -2.40. The van der Waals surface area contributed by atoms with Crippen LogP contribution in [-0.2, 0) is 11.2 Å². The number of aromatic nitrogens is 3. The van der Waals surface area contributed by atoms with Gasteiger partial charge in [-0.15, -0.1) is 0 Å². The number of amides is 2. The first-order valence-electron chi connectivity index (χ1n) is 11.6. The smallest absolute Gasteiger partial charge is 0.275 e. The van der Waals surface area contributed by atoms with Gasteiger partial charge in [0.1, 0.15) is 11.7 Å². The lowest BCUT2D eigenvalue weighted by atomic mass is 9.97. The second-order valence-corrected chi connectivity index (χ2v) is 8.84. The average Bonchev–Trinajstić information content (AvgIpc) is 3.33. The molecule has 7 nitrogen and oxygen atoms in total. The van der Waals surface area contributed by atoms with Gasteiger partial charge in [-0.25, -0.2) is 0 Å². The first-order valence-corrected chi connectivity index (χ1v) is 11.6. The normalized spacial score (nSPS) is 16.5. The number of hydrogen-bond acceptors (Lipinski definition) is 4. The van der Waals surface area contributed by atoms with Crippen molar-refractivity contribution in [2.75, 3.05) is 19.6 Å². The molecule has 0 unspecified atom stereocenters. The van der Waals surface area contributed by atoms with Crippen LogP contribution >= 0.6 is 0 Å². The highest BCUT2D eigenvalue weighted by atomic mass is 16.2. The highest BCUT2D eigenvalue weighted by Gasteiger charge is 2.38. The van der Waals surface area contributed by atoms with Gasteiger partial charge in [0.05, 0.1) is 0 Å². The fourth-order valence-corrected chi connectivity index (χ4v) is 4.31. The summed E-state index contributed by atoms with van der Waals surface area (Å²) in [4.78, 5) is 34.5. The number of rotatable bonds is 7. The van der Waals surface area contributed by atoms with Crippen LogP contribution in [0.25, 0.3) is 11.1 Å². The van der Waals surface area contributed by atoms with Gasteiger partial charge >= 0.3 is 0 Å². The molecule has 33 heavy (non-hydrogen) atoms. The lowest BCUT2D eigenvalue weighted by Crippen LogP contribution is -2.59. The zero-order valence-corrected chi connectivity index (χ0v) is 19.5. The third-order valence-corrected chi connectivity index (χ3v) is 6.15. The summed E-state index contributed by atoms with van der Waals surface area (Å²) in [6, 6.07) is 13.3. The van der Waals surface area contributed by atoms with E-state index in [1.807, 2.05) is 49.1 Å². The van der Waals surface area contributed by atoms with E-state index in [2.05, 4.69) is 28.2 Å². The highest BCUT2D eigenvalue weighted by Crippen LogP contribution is 2.24. The van der Waals surface area contributed by atoms with Gasteiger partial charge in [-0.3, -0.25) is 19.7 Å². The van der Waals surface area contributed by atoms with Crippen LogP contribution < -0.4 is 0 Å². The maximum absolute atomic E-state index is 13.4. The van der Waals surface area contributed by atoms with E-state index < -0.39 is 6.04 Å². The summed E-state index contributed by atoms with van der Waals surface area (Å²) in [6.07, 6.45) is 4.89. The Hall–Kier alpha value is -3.48. The summed E-state index contributed by atoms with van der Waals surface area (Å²) < 4.78 is 0. The van der Waals surface area contributed by atoms with Crippen LogP contribution in [0.2, 0.25) is 0 Å². The Morgan fingerprint density at radius 1 is 1.12 bits per heavy atom. The number of pyridine rings is 1. The quantitative estimate of drug-likeness (QED) is 0.598. The zero-order valence-electron chi connectivity index (χ0n) is 19.5. The Kier molecular flexibility index (Phi) is 6.87. The van der Waals surface area contributed by atoms with Crippen LogP contribution in [0.4, 0.5) is 0 Å². The number of nitrogens with one attached hydrogen (secondary N) is 1. The Morgan fingerprint density at radius 3 is 2.61 bits per heavy atom. The number of carbonyl (C=O) groups is 2. The molecule has 1 fully saturated rings. The Morgan fingerprint density at radius 2 is 1.91 bits per heavy atom. The molecule has 1 aromatic carbocycles. The maximum atomic E-state index is 13.4. The Bertz CT molecular complexity index is 1110. The van der Waals surface area contributed by atoms with Gasteiger partial charge in [0.15, 0.2) is 0 Å². The van der Waals surface area contributed by atoms with Crippen molar-refractivity contribution in [2.24, 2.45) is 0 Å². The molecule has 172 valence electrons. The summed E-state index contributed by atoms with van der Waals surface area (Å²) in [5.41, 5.74) is 4.43. The molecule has 1 atom stereocenters. The second-order valence-electron chi connectivity index (χ2n) is 8.84. The first kappa shape index (κ1) is 22.7. The summed E-state index contributed by atoms with van der Waals surface area (Å²) in [7, 11) is 0. The molecule has 1 aliphatic heterocycles. The van der Waals surface area contributed by atoms with Crippen molar-refractivity contribution in [1.82, 2.24) is 25.0 Å². The monoisotopic (exact) mass is 445 g/mol. The van der Waals surface area contributed by atoms with Gasteiger partial charge < -0.3 is 9.80 Å². The molecule has 4 rings (SSSR count). The molecular formula is C26H31N5O2. The van der Waals surface area contributed by atoms with Gasteiger partial charge in [0, 0.05) is 44.1 Å². The number of H-pyrrole nitrogens is 1. The topological polar surface area (TPSA) is 82.2 Å². The van der Waals surface area contributed by atoms with Crippen molar-refractivity contribution in [3.63, 3.8) is 0 Å². The average molecular weight is 446 g/mol. The minimum Gasteiger partial charge on any atom is -0.339 e. The molecular weight excluding hydrogens is 414 g/mol. The fourth-order valence-electron chi connectivity index (χ4n) is 4.31. The number of nitrogens with zero attached hydrogens (tertiary/aromatic N) is 4. The van der Waals surface area contributed by atoms with Crippen LogP contribution in [0.5, 0.6) is 0 Å². The van der Waals surface area contributed by atoms with E-state index in [1.165, 1.54) is 0 Å². The predicted octanol–water partition coefficient (Wildman–Crippen LogP) is 3.90. The van der Waals surface area contributed by atoms with E-state index in [0.29, 0.717) is 31.7 Å². The van der Waals surface area contributed by atoms with E-state index in [0.717, 1.165) is 28.8 Å². The van der Waals surface area contributed by atoms with Gasteiger partial charge in [-0.05, 0) is 47.2 Å². The van der Waals surface area contributed by atoms with E-state index in [1.54, 1.807) is 23.4 Å². The zero-order chi connectivity index (χ0) is 23.4. The van der Waals surface area contributed by atoms with Crippen molar-refractivity contribution < 1.29 is 9.59 Å². The van der Waals surface area contributed by atoms with Crippen molar-refractivity contribution in [3.05, 3.63) is 71.8 Å². The molecule has 2 aromatic heterocycles. The molecule has 3 aromatic rings. The van der Waals surface area contributed by atoms with Crippen LogP contribution in [0.1, 0.15) is 54.9 Å². The fraction of sp³-hybridized carbons (Fsp3) is 0.385. The molecule has 0 bridgehead atoms. The van der Waals surface area contributed by atoms with Crippen molar-refractivity contribution >= 4 is 11.8 Å². The van der Waals surface area contributed by atoms with Crippen LogP contribution in [0, 0.1) is 0 Å². The third kappa shape index (κ3) is 4.97. The van der Waals surface area contributed by atoms with E-state index in [-0.39, 0.29) is 17.7 Å². The van der Waals surface area contributed by atoms with Crippen LogP contribution in [0.15, 0.2) is 54.9 Å². The highest BCUT2D eigenvalue weighted by molar-refractivity contribution is 5.97. The van der Waals surface area contributed by atoms with E-state index >= 15 is 0 Å². The van der Waals surface area contributed by atoms with Crippen molar-refractivity contribution in [2.45, 2.75) is 45.6 Å². The Balaban J connectivity index is 1.62. The van der Waals surface area contributed by atoms with Crippen LogP contribution in [-0.4, -0.2) is 62.5 Å². The molecule has 0 aliphatic carbocycles. The van der Waals surface area contributed by atoms with Gasteiger partial charge in [0.2, 0.25) is 5.91 Å². The number of carbonyl (C=O) groups excluding carboxylic acids is 2. The second kappa shape index (κ2) is 9.98. The van der Waals surface area contributed by atoms with Crippen LogP contribution in [0.3, 0.4) is 0 Å². The van der Waals surface area contributed by atoms with Gasteiger partial charge in [-0.1, -0.05) is 45.0 Å². The minimum atomic E-state index is -0.551. The lowest BCUT2D eigenvalue weighted by molar-refractivity contribution is -0.140. The van der Waals surface area contributed by atoms with E-state index in [9.17, 15) is 9.59 Å². The van der Waals surface area contributed by atoms with E-state index in [4.69, 9.17) is 0 Å². The molecule has 7 heteroatoms. The summed E-state index contributed by atoms with van der Waals surface area (Å²) >= 11 is 0. The largest absolute Gasteiger partial charge is 0.339 e. The number of piperazine rings is 1. The standard InChI is InChI=1S/C26H31N5O2/c1-4-12-30-13-14-31(25(32)23-17-22(18(2)3)28-29-23)24(26(30)33)16-19-6-5-7-21(15-19)20-8-10-27-11-9-20/h5-11,15,17-18,24H,4,12-14,16H2,1-3H3,(H,28,29)/t24-/m1/s1. The first-order chi connectivity index (χ1) is 16.0. The molecule has 3 heterocycles. The number of benzene rings is 1. The number of hydrogen-bond donors (Lipinski definition) is 1. The molecule has 1 saturated heterocycles. The molecule has 0 spiro atoms. The van der Waals surface area contributed by atoms with Crippen molar-refractivity contribution in [1.29, 1.82) is 0 Å². The molecule has 0 saturated carbocycles. The predicted molar refractivity (Wildman–Crippen MR) is 128 cm³/mol. The maximum Gasteiger partial charge on any atom is 0.275 e. The summed E-state index contributed by atoms with van der Waals surface area (Å²) in [5, 5.41) is 7.20. The minimum absolute atomic E-state index is 0.00498. The molecule has 0 radical (unpaired) electrons. The van der Waals surface area contributed by atoms with Crippen molar-refractivity contribution in [3.8, 4) is 11.1 Å². The number of aromatic amines is 1. The third-order valence-electron chi connectivity index (χ3n) is 6.15. The molecule has 1 aliphatic rings. The van der Waals surface area contributed by atoms with Gasteiger partial charge in [0.25, 0.3) is 5.91 Å². The van der Waals surface area contributed by atoms with Gasteiger partial charge in [-0.2, -0.15) is 5.10 Å². The molecule has 1 N–H and O–H groups in total. The Labute approximate surface area is 194 Å². The summed E-state index contributed by atoms with van der Waals surface area (Å²) in [5.74, 6) is 0.0529.